The summed E-state index contributed by atoms with van der Waals surface area (Å²) in [6.45, 7) is 3.03. The van der Waals surface area contributed by atoms with Crippen molar-refractivity contribution in [2.45, 2.75) is 31.7 Å². The molecular formula is C12H24ClNO2. The van der Waals surface area contributed by atoms with E-state index in [1.165, 1.54) is 25.7 Å². The van der Waals surface area contributed by atoms with Crippen LogP contribution in [0.3, 0.4) is 0 Å². The molecule has 0 amide bonds. The second-order valence-electron chi connectivity index (χ2n) is 4.36. The van der Waals surface area contributed by atoms with Crippen LogP contribution in [0.25, 0.3) is 0 Å². The molecule has 3 nitrogen and oxygen atoms in total. The van der Waals surface area contributed by atoms with Crippen molar-refractivity contribution in [3.63, 3.8) is 0 Å². The predicted molar refractivity (Wildman–Crippen MR) is 67.2 cm³/mol. The number of halogens is 1. The first-order valence-electron chi connectivity index (χ1n) is 6.24. The van der Waals surface area contributed by atoms with Crippen LogP contribution in [0.2, 0.25) is 0 Å². The molecule has 96 valence electrons. The van der Waals surface area contributed by atoms with E-state index in [9.17, 15) is 0 Å². The largest absolute Gasteiger partial charge is 0.382 e. The number of alkyl halides is 1. The van der Waals surface area contributed by atoms with Crippen LogP contribution in [0.4, 0.5) is 0 Å². The van der Waals surface area contributed by atoms with E-state index in [-0.39, 0.29) is 0 Å². The SMILES string of the molecule is COCCOCCNC1CCCCC1CCl. The number of rotatable bonds is 8. The van der Waals surface area contributed by atoms with Crippen molar-refractivity contribution in [1.29, 1.82) is 0 Å². The van der Waals surface area contributed by atoms with Crippen LogP contribution in [0.5, 0.6) is 0 Å². The van der Waals surface area contributed by atoms with E-state index in [2.05, 4.69) is 5.32 Å². The van der Waals surface area contributed by atoms with Crippen molar-refractivity contribution >= 4 is 11.6 Å². The predicted octanol–water partition coefficient (Wildman–Crippen LogP) is 2.04. The minimum atomic E-state index is 0.595. The lowest BCUT2D eigenvalue weighted by atomic mass is 9.86. The van der Waals surface area contributed by atoms with Crippen molar-refractivity contribution in [3.05, 3.63) is 0 Å². The Morgan fingerprint density at radius 3 is 2.75 bits per heavy atom. The first-order chi connectivity index (χ1) is 7.88. The minimum Gasteiger partial charge on any atom is -0.382 e. The van der Waals surface area contributed by atoms with E-state index < -0.39 is 0 Å². The van der Waals surface area contributed by atoms with E-state index in [0.29, 0.717) is 25.2 Å². The average Bonchev–Trinajstić information content (AvgIpc) is 2.34. The van der Waals surface area contributed by atoms with Gasteiger partial charge in [-0.3, -0.25) is 0 Å². The van der Waals surface area contributed by atoms with E-state index >= 15 is 0 Å². The maximum atomic E-state index is 5.97. The van der Waals surface area contributed by atoms with Crippen LogP contribution in [0.15, 0.2) is 0 Å². The summed E-state index contributed by atoms with van der Waals surface area (Å²) in [5, 5.41) is 3.55. The van der Waals surface area contributed by atoms with Gasteiger partial charge in [-0.1, -0.05) is 12.8 Å². The van der Waals surface area contributed by atoms with E-state index in [0.717, 1.165) is 19.0 Å². The highest BCUT2D eigenvalue weighted by atomic mass is 35.5. The molecule has 0 radical (unpaired) electrons. The molecule has 2 unspecified atom stereocenters. The third-order valence-corrected chi connectivity index (χ3v) is 3.59. The van der Waals surface area contributed by atoms with Crippen LogP contribution >= 0.6 is 11.6 Å². The summed E-state index contributed by atoms with van der Waals surface area (Å²) >= 11 is 5.97. The fraction of sp³-hybridized carbons (Fsp3) is 1.00. The Hall–Kier alpha value is 0.170. The highest BCUT2D eigenvalue weighted by molar-refractivity contribution is 6.18. The zero-order chi connectivity index (χ0) is 11.6. The van der Waals surface area contributed by atoms with Crippen LogP contribution in [0, 0.1) is 5.92 Å². The van der Waals surface area contributed by atoms with Crippen molar-refractivity contribution < 1.29 is 9.47 Å². The first-order valence-corrected chi connectivity index (χ1v) is 6.78. The average molecular weight is 250 g/mol. The first kappa shape index (κ1) is 14.2. The smallest absolute Gasteiger partial charge is 0.0700 e. The van der Waals surface area contributed by atoms with Crippen molar-refractivity contribution in [3.8, 4) is 0 Å². The van der Waals surface area contributed by atoms with Crippen LogP contribution < -0.4 is 5.32 Å². The van der Waals surface area contributed by atoms with Gasteiger partial charge in [-0.25, -0.2) is 0 Å². The molecule has 0 heterocycles. The Bertz CT molecular complexity index is 169. The monoisotopic (exact) mass is 249 g/mol. The molecule has 16 heavy (non-hydrogen) atoms. The lowest BCUT2D eigenvalue weighted by molar-refractivity contribution is 0.0696. The van der Waals surface area contributed by atoms with Gasteiger partial charge in [-0.15, -0.1) is 11.6 Å². The Morgan fingerprint density at radius 2 is 2.00 bits per heavy atom. The molecule has 0 aromatic heterocycles. The number of ether oxygens (including phenoxy) is 2. The Morgan fingerprint density at radius 1 is 1.19 bits per heavy atom. The van der Waals surface area contributed by atoms with Gasteiger partial charge in [0.25, 0.3) is 0 Å². The van der Waals surface area contributed by atoms with Crippen LogP contribution in [0.1, 0.15) is 25.7 Å². The summed E-state index contributed by atoms with van der Waals surface area (Å²) in [4.78, 5) is 0. The molecule has 1 saturated carbocycles. The molecule has 0 spiro atoms. The quantitative estimate of drug-likeness (QED) is 0.528. The zero-order valence-corrected chi connectivity index (χ0v) is 11.0. The highest BCUT2D eigenvalue weighted by Crippen LogP contribution is 2.25. The van der Waals surface area contributed by atoms with Gasteiger partial charge < -0.3 is 14.8 Å². The van der Waals surface area contributed by atoms with Gasteiger partial charge in [0.15, 0.2) is 0 Å². The van der Waals surface area contributed by atoms with Crippen molar-refractivity contribution in [2.75, 3.05) is 39.4 Å². The molecule has 2 atom stereocenters. The molecule has 0 aliphatic heterocycles. The van der Waals surface area contributed by atoms with Gasteiger partial charge >= 0.3 is 0 Å². The number of hydrogen-bond donors (Lipinski definition) is 1. The maximum absolute atomic E-state index is 5.97. The third kappa shape index (κ3) is 5.48. The molecule has 1 aliphatic carbocycles. The van der Waals surface area contributed by atoms with Gasteiger partial charge in [-0.2, -0.15) is 0 Å². The fourth-order valence-electron chi connectivity index (χ4n) is 2.22. The summed E-state index contributed by atoms with van der Waals surface area (Å²) in [6.07, 6.45) is 5.19. The van der Waals surface area contributed by atoms with Gasteiger partial charge in [0.05, 0.1) is 19.8 Å². The summed E-state index contributed by atoms with van der Waals surface area (Å²) in [5.74, 6) is 1.43. The lowest BCUT2D eigenvalue weighted by Crippen LogP contribution is -2.41. The van der Waals surface area contributed by atoms with Crippen molar-refractivity contribution in [1.82, 2.24) is 5.32 Å². The molecule has 1 fully saturated rings. The molecular weight excluding hydrogens is 226 g/mol. The summed E-state index contributed by atoms with van der Waals surface area (Å²) in [7, 11) is 1.69. The zero-order valence-electron chi connectivity index (χ0n) is 10.2. The van der Waals surface area contributed by atoms with Crippen LogP contribution in [-0.4, -0.2) is 45.4 Å². The fourth-order valence-corrected chi connectivity index (χ4v) is 2.59. The summed E-state index contributed by atoms with van der Waals surface area (Å²) < 4.78 is 10.3. The maximum Gasteiger partial charge on any atom is 0.0700 e. The Kier molecular flexibility index (Phi) is 8.21. The Labute approximate surface area is 104 Å². The summed E-state index contributed by atoms with van der Waals surface area (Å²) in [5.41, 5.74) is 0. The molecule has 0 bridgehead atoms. The Balaban J connectivity index is 2.02. The van der Waals surface area contributed by atoms with Gasteiger partial charge in [0.1, 0.15) is 0 Å². The van der Waals surface area contributed by atoms with Crippen molar-refractivity contribution in [2.24, 2.45) is 5.92 Å². The van der Waals surface area contributed by atoms with Gasteiger partial charge in [0, 0.05) is 25.6 Å². The van der Waals surface area contributed by atoms with Crippen LogP contribution in [-0.2, 0) is 9.47 Å². The molecule has 1 N–H and O–H groups in total. The van der Waals surface area contributed by atoms with E-state index in [1.807, 2.05) is 0 Å². The lowest BCUT2D eigenvalue weighted by Gasteiger charge is -2.31. The van der Waals surface area contributed by atoms with Gasteiger partial charge in [-0.05, 0) is 18.8 Å². The molecule has 0 saturated heterocycles. The third-order valence-electron chi connectivity index (χ3n) is 3.19. The molecule has 0 aromatic carbocycles. The topological polar surface area (TPSA) is 30.5 Å². The highest BCUT2D eigenvalue weighted by Gasteiger charge is 2.23. The molecule has 4 heteroatoms. The second kappa shape index (κ2) is 9.23. The van der Waals surface area contributed by atoms with Gasteiger partial charge in [0.2, 0.25) is 0 Å². The normalized spacial score (nSPS) is 25.9. The number of nitrogens with one attached hydrogen (secondary N) is 1. The number of methoxy groups -OCH3 is 1. The molecule has 1 rings (SSSR count). The molecule has 0 aromatic rings. The molecule has 1 aliphatic rings. The minimum absolute atomic E-state index is 0.595. The summed E-state index contributed by atoms with van der Waals surface area (Å²) in [6, 6.07) is 0.595. The second-order valence-corrected chi connectivity index (χ2v) is 4.67. The van der Waals surface area contributed by atoms with E-state index in [4.69, 9.17) is 21.1 Å². The number of hydrogen-bond acceptors (Lipinski definition) is 3. The van der Waals surface area contributed by atoms with E-state index in [1.54, 1.807) is 7.11 Å². The standard InChI is InChI=1S/C12H24ClNO2/c1-15-8-9-16-7-6-14-12-5-3-2-4-11(12)10-13/h11-12,14H,2-10H2,1H3.